The molecule has 0 aliphatic carbocycles. The number of Topliss-reactive ketones (excluding diaryl/α,β-unsaturated/α-hetero) is 1. The van der Waals surface area contributed by atoms with Gasteiger partial charge in [-0.05, 0) is 103 Å². The van der Waals surface area contributed by atoms with E-state index in [4.69, 9.17) is 23.7 Å². The van der Waals surface area contributed by atoms with E-state index in [1.165, 1.54) is 12.8 Å². The van der Waals surface area contributed by atoms with Crippen molar-refractivity contribution < 1.29 is 78.2 Å². The van der Waals surface area contributed by atoms with Crippen LogP contribution in [0.4, 0.5) is 0 Å². The second-order valence-corrected chi connectivity index (χ2v) is 19.9. The van der Waals surface area contributed by atoms with Gasteiger partial charge in [0.05, 0.1) is 53.9 Å². The van der Waals surface area contributed by atoms with Crippen molar-refractivity contribution in [3.8, 4) is 0 Å². The fourth-order valence-electron chi connectivity index (χ4n) is 11.5. The number of nitrogens with one attached hydrogen (secondary N) is 1. The van der Waals surface area contributed by atoms with Crippen molar-refractivity contribution in [2.75, 3.05) is 6.54 Å². The number of ketones is 1. The minimum Gasteiger partial charge on any atom is -0.550 e. The molecule has 0 radical (unpaired) electrons. The first-order valence-corrected chi connectivity index (χ1v) is 23.8. The summed E-state index contributed by atoms with van der Waals surface area (Å²) < 4.78 is 34.8. The maximum Gasteiger partial charge on any atom is 1.00 e. The largest absolute Gasteiger partial charge is 1.00 e. The fraction of sp³-hybridized carbons (Fsp3) is 0.917. The molecule has 2 spiro atoms. The van der Waals surface area contributed by atoms with Crippen molar-refractivity contribution in [3.05, 3.63) is 12.2 Å². The molecule has 18 atom stereocenters. The number of carbonyl (C=O) groups excluding carboxylic acids is 2. The molecule has 4 fully saturated rings. The van der Waals surface area contributed by atoms with Crippen LogP contribution >= 0.6 is 0 Å². The van der Waals surface area contributed by atoms with Gasteiger partial charge in [0.15, 0.2) is 11.6 Å². The van der Waals surface area contributed by atoms with Crippen molar-refractivity contribution in [1.29, 1.82) is 0 Å². The zero-order valence-corrected chi connectivity index (χ0v) is 41.5. The van der Waals surface area contributed by atoms with Gasteiger partial charge in [-0.15, -0.1) is 0 Å². The first-order valence-electron chi connectivity index (χ1n) is 23.8. The molecule has 340 valence electrons. The Morgan fingerprint density at radius 1 is 0.883 bits per heavy atom. The standard InChI is InChI=1S/C48H83NO10.Na/c1-12-16-17-18-27-49-38-21-24-47(59-48(38)26-25-45(11,58-48)39-22-23-46(54,15-4)34(10)55-39)31(7)28-30(6)43(57-47)36(14-3)41(51)32(8)40(50)33(9)42-29(5)19-20-37(56-42)35(13-2)44(52)53;/h21,24,29-40,42-43,49-50,54H,12-20,22-23,25-28H2,1-11H3,(H,52,53);/q;+1/p-1/t29-,30-,31+,32-,33-,34-,35+,36-,37+,38-,39+,40+,42+,43-,45-,46+,47-,48-;/m0./s1. The molecule has 0 bridgehead atoms. The maximum atomic E-state index is 14.6. The van der Waals surface area contributed by atoms with Gasteiger partial charge in [-0.1, -0.05) is 87.7 Å². The minimum atomic E-state index is -1.13. The molecular weight excluding hydrogens is 774 g/mol. The summed E-state index contributed by atoms with van der Waals surface area (Å²) in [4.78, 5) is 26.5. The first-order chi connectivity index (χ1) is 27.8. The molecular formula is C48H82NNaO10. The van der Waals surface area contributed by atoms with Crippen LogP contribution in [0.1, 0.15) is 166 Å². The Labute approximate surface area is 384 Å². The smallest absolute Gasteiger partial charge is 0.550 e. The average molecular weight is 856 g/mol. The van der Waals surface area contributed by atoms with E-state index in [1.807, 2.05) is 41.5 Å². The van der Waals surface area contributed by atoms with E-state index in [0.717, 1.165) is 38.6 Å². The molecule has 5 heterocycles. The number of hydrogen-bond acceptors (Lipinski definition) is 11. The van der Waals surface area contributed by atoms with Gasteiger partial charge in [-0.2, -0.15) is 0 Å². The molecule has 0 aromatic rings. The topological polar surface area (TPSA) is 156 Å². The van der Waals surface area contributed by atoms with Crippen molar-refractivity contribution in [1.82, 2.24) is 5.32 Å². The maximum absolute atomic E-state index is 14.6. The van der Waals surface area contributed by atoms with Crippen molar-refractivity contribution >= 4 is 11.8 Å². The number of unbranched alkanes of at least 4 members (excludes halogenated alkanes) is 3. The average Bonchev–Trinajstić information content (AvgIpc) is 3.55. The van der Waals surface area contributed by atoms with Crippen LogP contribution in [-0.4, -0.2) is 94.0 Å². The van der Waals surface area contributed by atoms with Gasteiger partial charge >= 0.3 is 29.6 Å². The van der Waals surface area contributed by atoms with E-state index in [-0.39, 0.29) is 77.4 Å². The third kappa shape index (κ3) is 10.8. The Balaban J connectivity index is 0.00000794. The molecule has 4 saturated heterocycles. The molecule has 0 unspecified atom stereocenters. The molecule has 5 rings (SSSR count). The Hall–Kier alpha value is -0.440. The van der Waals surface area contributed by atoms with Crippen LogP contribution in [0, 0.1) is 41.4 Å². The second-order valence-electron chi connectivity index (χ2n) is 19.9. The normalized spacial score (nSPS) is 42.0. The van der Waals surface area contributed by atoms with E-state index in [9.17, 15) is 24.9 Å². The Morgan fingerprint density at radius 3 is 2.20 bits per heavy atom. The summed E-state index contributed by atoms with van der Waals surface area (Å²) in [5, 5.41) is 38.7. The van der Waals surface area contributed by atoms with E-state index in [0.29, 0.717) is 44.9 Å². The summed E-state index contributed by atoms with van der Waals surface area (Å²) in [6.45, 7) is 23.1. The number of hydrogen-bond donors (Lipinski definition) is 3. The van der Waals surface area contributed by atoms with Gasteiger partial charge in [-0.3, -0.25) is 4.79 Å². The quantitative estimate of drug-likeness (QED) is 0.104. The summed E-state index contributed by atoms with van der Waals surface area (Å²) >= 11 is 0. The van der Waals surface area contributed by atoms with Crippen LogP contribution in [-0.2, 0) is 33.3 Å². The number of ether oxygens (including phenoxy) is 5. The zero-order valence-electron chi connectivity index (χ0n) is 39.5. The van der Waals surface area contributed by atoms with Crippen LogP contribution in [0.2, 0.25) is 0 Å². The molecule has 60 heavy (non-hydrogen) atoms. The molecule has 3 N–H and O–H groups in total. The van der Waals surface area contributed by atoms with Crippen LogP contribution in [0.5, 0.6) is 0 Å². The van der Waals surface area contributed by atoms with E-state index in [1.54, 1.807) is 0 Å². The van der Waals surface area contributed by atoms with Crippen LogP contribution in [0.3, 0.4) is 0 Å². The number of aliphatic hydroxyl groups excluding tert-OH is 1. The molecule has 0 aromatic heterocycles. The fourth-order valence-corrected chi connectivity index (χ4v) is 11.5. The van der Waals surface area contributed by atoms with E-state index < -0.39 is 70.7 Å². The Morgan fingerprint density at radius 2 is 1.58 bits per heavy atom. The first kappa shape index (κ1) is 52.2. The van der Waals surface area contributed by atoms with Crippen molar-refractivity contribution in [2.45, 2.75) is 231 Å². The van der Waals surface area contributed by atoms with E-state index in [2.05, 4.69) is 52.1 Å². The van der Waals surface area contributed by atoms with Crippen LogP contribution in [0.25, 0.3) is 0 Å². The number of carboxylic acid groups (broad SMARTS) is 1. The number of carboxylic acids is 1. The monoisotopic (exact) mass is 856 g/mol. The Kier molecular flexibility index (Phi) is 18.9. The predicted molar refractivity (Wildman–Crippen MR) is 226 cm³/mol. The third-order valence-corrected chi connectivity index (χ3v) is 15.9. The SMILES string of the molecule is CCCCCCN[C@H]1C=C[C@]2(O[C@H]([C@@H](CC)C(=O)[C@@H](C)[C@@H](O)[C@H](C)[C@@H]3O[C@@H]([C@@H](CC)C(=O)[O-])CC[C@@H]3C)[C@@H](C)C[C@H]2C)O[C@@]12CC[C@@](C)([C@H]1CC[C@](O)(CC)[C@H](C)O1)O2.[Na+]. The van der Waals surface area contributed by atoms with Gasteiger partial charge in [0.1, 0.15) is 5.78 Å². The number of aliphatic hydroxyl groups is 2. The summed E-state index contributed by atoms with van der Waals surface area (Å²) in [6, 6.07) is -0.220. The summed E-state index contributed by atoms with van der Waals surface area (Å²) in [7, 11) is 0. The molecule has 11 nitrogen and oxygen atoms in total. The van der Waals surface area contributed by atoms with Gasteiger partial charge in [0, 0.05) is 42.0 Å². The third-order valence-electron chi connectivity index (χ3n) is 15.9. The van der Waals surface area contributed by atoms with Gasteiger partial charge < -0.3 is 49.1 Å². The number of carbonyl (C=O) groups is 2. The predicted octanol–water partition coefficient (Wildman–Crippen LogP) is 4.03. The number of aliphatic carboxylic acids is 1. The van der Waals surface area contributed by atoms with Crippen LogP contribution in [0.15, 0.2) is 12.2 Å². The van der Waals surface area contributed by atoms with Gasteiger partial charge in [0.2, 0.25) is 0 Å². The molecule has 0 aromatic carbocycles. The minimum absolute atomic E-state index is 0. The summed E-state index contributed by atoms with van der Waals surface area (Å²) in [5.74, 6) is -5.48. The molecule has 5 aliphatic heterocycles. The van der Waals surface area contributed by atoms with E-state index >= 15 is 0 Å². The summed E-state index contributed by atoms with van der Waals surface area (Å²) in [5.41, 5.74) is -1.49. The van der Waals surface area contributed by atoms with Crippen molar-refractivity contribution in [3.63, 3.8) is 0 Å². The van der Waals surface area contributed by atoms with Crippen molar-refractivity contribution in [2.24, 2.45) is 41.4 Å². The second kappa shape index (κ2) is 21.7. The van der Waals surface area contributed by atoms with Gasteiger partial charge in [-0.25, -0.2) is 0 Å². The molecule has 12 heteroatoms. The summed E-state index contributed by atoms with van der Waals surface area (Å²) in [6.07, 6.45) is 12.5. The van der Waals surface area contributed by atoms with Gasteiger partial charge in [0.25, 0.3) is 0 Å². The molecule has 5 aliphatic rings. The number of rotatable bonds is 18. The molecule has 0 amide bonds. The molecule has 0 saturated carbocycles. The van der Waals surface area contributed by atoms with Crippen LogP contribution < -0.4 is 40.0 Å². The Bertz CT molecular complexity index is 1430. The zero-order chi connectivity index (χ0) is 43.5.